The van der Waals surface area contributed by atoms with E-state index < -0.39 is 6.04 Å². The second kappa shape index (κ2) is 8.39. The van der Waals surface area contributed by atoms with Crippen LogP contribution in [-0.2, 0) is 22.6 Å². The molecule has 5 rings (SSSR count). The largest absolute Gasteiger partial charge is 0.402 e. The smallest absolute Gasteiger partial charge is 0.379 e. The van der Waals surface area contributed by atoms with E-state index in [9.17, 15) is 9.59 Å². The van der Waals surface area contributed by atoms with Crippen molar-refractivity contribution in [1.29, 1.82) is 0 Å². The predicted octanol–water partition coefficient (Wildman–Crippen LogP) is 1.71. The molecule has 1 atom stereocenters. The predicted molar refractivity (Wildman–Crippen MR) is 122 cm³/mol. The van der Waals surface area contributed by atoms with E-state index in [1.54, 1.807) is 7.05 Å². The fourth-order valence-corrected chi connectivity index (χ4v) is 4.94. The van der Waals surface area contributed by atoms with Gasteiger partial charge in [-0.3, -0.25) is 19.5 Å². The maximum Gasteiger partial charge on any atom is 0.402 e. The lowest BCUT2D eigenvalue weighted by atomic mass is 10.1. The first kappa shape index (κ1) is 21.8. The van der Waals surface area contributed by atoms with E-state index in [0.717, 1.165) is 67.9 Å². The number of aryl methyl sites for hydroxylation is 1. The van der Waals surface area contributed by atoms with Crippen molar-refractivity contribution in [1.82, 2.24) is 19.3 Å². The molecule has 2 fully saturated rings. The number of hydrogen-bond acceptors (Lipinski definition) is 5. The number of aliphatic imine (C=N–C) groups is 1. The second-order valence-corrected chi connectivity index (χ2v) is 9.01. The molecule has 2 aromatic rings. The van der Waals surface area contributed by atoms with Gasteiger partial charge in [-0.25, -0.2) is 13.9 Å². The van der Waals surface area contributed by atoms with E-state index in [1.165, 1.54) is 9.80 Å². The Labute approximate surface area is 193 Å². The molecule has 0 bridgehead atoms. The van der Waals surface area contributed by atoms with Crippen LogP contribution in [-0.4, -0.2) is 76.9 Å². The second-order valence-electron chi connectivity index (χ2n) is 9.01. The number of imidazole rings is 1. The van der Waals surface area contributed by atoms with Crippen molar-refractivity contribution in [3.05, 3.63) is 46.8 Å². The third kappa shape index (κ3) is 3.55. The normalized spacial score (nSPS) is 20.8. The van der Waals surface area contributed by atoms with Crippen LogP contribution in [0, 0.1) is 20.8 Å². The van der Waals surface area contributed by atoms with Gasteiger partial charge in [0.25, 0.3) is 5.91 Å². The molecule has 1 aromatic heterocycles. The van der Waals surface area contributed by atoms with Crippen LogP contribution < -0.4 is 4.57 Å². The van der Waals surface area contributed by atoms with Crippen molar-refractivity contribution in [3.8, 4) is 0 Å². The van der Waals surface area contributed by atoms with Gasteiger partial charge in [-0.2, -0.15) is 0 Å². The number of ether oxygens (including phenoxy) is 1. The van der Waals surface area contributed by atoms with Crippen molar-refractivity contribution in [2.24, 2.45) is 4.99 Å². The number of aromatic nitrogens is 2. The third-order valence-corrected chi connectivity index (χ3v) is 7.16. The molecule has 0 aliphatic carbocycles. The highest BCUT2D eigenvalue weighted by Gasteiger charge is 2.54. The Kier molecular flexibility index (Phi) is 5.54. The molecule has 174 valence electrons. The zero-order valence-corrected chi connectivity index (χ0v) is 19.7. The quantitative estimate of drug-likeness (QED) is 0.649. The van der Waals surface area contributed by atoms with Gasteiger partial charge in [0.05, 0.1) is 26.3 Å². The first-order chi connectivity index (χ1) is 15.9. The summed E-state index contributed by atoms with van der Waals surface area (Å²) in [6.45, 7) is 11.4. The third-order valence-electron chi connectivity index (χ3n) is 7.16. The fourth-order valence-electron chi connectivity index (χ4n) is 4.94. The lowest BCUT2D eigenvalue weighted by Gasteiger charge is -2.33. The zero-order chi connectivity index (χ0) is 23.3. The van der Waals surface area contributed by atoms with Crippen LogP contribution in [0.2, 0.25) is 0 Å². The molecule has 9 nitrogen and oxygen atoms in total. The molecule has 0 saturated carbocycles. The highest BCUT2D eigenvalue weighted by Crippen LogP contribution is 2.35. The van der Waals surface area contributed by atoms with Crippen LogP contribution in [0.25, 0.3) is 0 Å². The van der Waals surface area contributed by atoms with E-state index >= 15 is 0 Å². The van der Waals surface area contributed by atoms with Gasteiger partial charge in [-0.05, 0) is 31.9 Å². The van der Waals surface area contributed by atoms with Gasteiger partial charge in [-0.1, -0.05) is 29.3 Å². The monoisotopic (exact) mass is 451 g/mol. The number of rotatable bonds is 5. The van der Waals surface area contributed by atoms with Crippen LogP contribution in [0.3, 0.4) is 0 Å². The zero-order valence-electron chi connectivity index (χ0n) is 19.7. The number of fused-ring (bicyclic) bond motifs is 3. The molecule has 1 unspecified atom stereocenters. The minimum absolute atomic E-state index is 0.225. The summed E-state index contributed by atoms with van der Waals surface area (Å²) in [5.74, 6) is 1.02. The highest BCUT2D eigenvalue weighted by atomic mass is 16.5. The van der Waals surface area contributed by atoms with Crippen molar-refractivity contribution in [3.63, 3.8) is 0 Å². The number of hydrogen-bond donors (Lipinski definition) is 0. The Morgan fingerprint density at radius 3 is 2.58 bits per heavy atom. The SMILES string of the molecule is Cc1ccccc1CN1C(=O)C2C(=Nc3n2c(C)c(C)[n+]3CCN2CCOCC2)N(C)C1=O. The Balaban J connectivity index is 1.46. The number of morpholine rings is 1. The molecule has 33 heavy (non-hydrogen) atoms. The minimum atomic E-state index is -0.616. The van der Waals surface area contributed by atoms with Crippen LogP contribution in [0.15, 0.2) is 29.3 Å². The number of amides is 3. The highest BCUT2D eigenvalue weighted by molar-refractivity contribution is 6.20. The number of carbonyl (C=O) groups excluding carboxylic acids is 2. The standard InChI is InChI=1S/C24H31N6O3/c1-16-7-5-6-8-19(16)15-29-22(31)20-21(26(4)24(29)32)25-23-28(17(2)18(3)30(20)23)10-9-27-11-13-33-14-12-27/h5-8,20H,9-15H2,1-4H3/q+1. The van der Waals surface area contributed by atoms with Gasteiger partial charge >= 0.3 is 12.0 Å². The van der Waals surface area contributed by atoms with Crippen molar-refractivity contribution in [2.75, 3.05) is 39.9 Å². The van der Waals surface area contributed by atoms with E-state index in [0.29, 0.717) is 5.84 Å². The lowest BCUT2D eigenvalue weighted by Crippen LogP contribution is -2.57. The van der Waals surface area contributed by atoms with Crippen LogP contribution in [0.1, 0.15) is 28.6 Å². The Hall–Kier alpha value is -3.04. The lowest BCUT2D eigenvalue weighted by molar-refractivity contribution is -0.688. The number of urea groups is 1. The Morgan fingerprint density at radius 2 is 1.85 bits per heavy atom. The number of amidine groups is 1. The summed E-state index contributed by atoms with van der Waals surface area (Å²) in [5.41, 5.74) is 4.12. The number of imide groups is 1. The summed E-state index contributed by atoms with van der Waals surface area (Å²) in [6, 6.07) is 6.90. The molecule has 0 spiro atoms. The van der Waals surface area contributed by atoms with E-state index in [-0.39, 0.29) is 18.5 Å². The summed E-state index contributed by atoms with van der Waals surface area (Å²) in [6.07, 6.45) is 0. The average Bonchev–Trinajstić information content (AvgIpc) is 3.31. The molecule has 3 amide bonds. The fraction of sp³-hybridized carbons (Fsp3) is 0.500. The Morgan fingerprint density at radius 1 is 1.12 bits per heavy atom. The molecule has 0 radical (unpaired) electrons. The molecule has 2 saturated heterocycles. The number of benzene rings is 1. The summed E-state index contributed by atoms with van der Waals surface area (Å²) in [4.78, 5) is 36.9. The van der Waals surface area contributed by atoms with Gasteiger partial charge in [0.15, 0.2) is 0 Å². The minimum Gasteiger partial charge on any atom is -0.379 e. The van der Waals surface area contributed by atoms with E-state index in [1.807, 2.05) is 42.7 Å². The van der Waals surface area contributed by atoms with E-state index in [4.69, 9.17) is 9.73 Å². The van der Waals surface area contributed by atoms with Crippen molar-refractivity contribution >= 4 is 23.7 Å². The molecule has 9 heteroatoms. The van der Waals surface area contributed by atoms with Crippen molar-refractivity contribution in [2.45, 2.75) is 39.9 Å². The number of carbonyl (C=O) groups is 2. The molecular formula is C24H31N6O3+. The average molecular weight is 452 g/mol. The molecular weight excluding hydrogens is 420 g/mol. The molecule has 3 aliphatic rings. The van der Waals surface area contributed by atoms with E-state index in [2.05, 4.69) is 16.4 Å². The molecule has 3 aliphatic heterocycles. The first-order valence-electron chi connectivity index (χ1n) is 11.5. The maximum atomic E-state index is 13.7. The van der Waals surface area contributed by atoms with Crippen LogP contribution >= 0.6 is 0 Å². The maximum absolute atomic E-state index is 13.7. The van der Waals surface area contributed by atoms with Gasteiger partial charge in [0.1, 0.15) is 11.4 Å². The Bertz CT molecular complexity index is 1150. The summed E-state index contributed by atoms with van der Waals surface area (Å²) >= 11 is 0. The van der Waals surface area contributed by atoms with Gasteiger partial charge in [0.2, 0.25) is 11.9 Å². The number of nitrogens with zero attached hydrogens (tertiary/aromatic N) is 6. The molecule has 1 aromatic carbocycles. The molecule has 0 N–H and O–H groups in total. The first-order valence-corrected chi connectivity index (χ1v) is 11.5. The summed E-state index contributed by atoms with van der Waals surface area (Å²) in [5, 5.41) is 0. The number of likely N-dealkylation sites (N-methyl/N-ethyl adjacent to an activating group) is 1. The topological polar surface area (TPSA) is 74.3 Å². The van der Waals surface area contributed by atoms with Crippen LogP contribution in [0.5, 0.6) is 0 Å². The van der Waals surface area contributed by atoms with Crippen LogP contribution in [0.4, 0.5) is 10.7 Å². The van der Waals surface area contributed by atoms with Gasteiger partial charge < -0.3 is 4.74 Å². The van der Waals surface area contributed by atoms with Gasteiger partial charge in [-0.15, -0.1) is 0 Å². The summed E-state index contributed by atoms with van der Waals surface area (Å²) in [7, 11) is 1.71. The van der Waals surface area contributed by atoms with Crippen molar-refractivity contribution < 1.29 is 18.9 Å². The molecule has 4 heterocycles. The summed E-state index contributed by atoms with van der Waals surface area (Å²) < 4.78 is 9.63. The van der Waals surface area contributed by atoms with Gasteiger partial charge in [0, 0.05) is 26.7 Å².